The van der Waals surface area contributed by atoms with Gasteiger partial charge in [-0.1, -0.05) is 31.4 Å². The van der Waals surface area contributed by atoms with Gasteiger partial charge < -0.3 is 24.1 Å². The number of rotatable bonds is 16. The Balaban J connectivity index is 2.61. The van der Waals surface area contributed by atoms with Gasteiger partial charge in [0.05, 0.1) is 19.8 Å². The first kappa shape index (κ1) is 29.5. The van der Waals surface area contributed by atoms with E-state index in [0.29, 0.717) is 12.0 Å². The fourth-order valence-electron chi connectivity index (χ4n) is 3.38. The summed E-state index contributed by atoms with van der Waals surface area (Å²) in [7, 11) is 0. The molecule has 9 heteroatoms. The van der Waals surface area contributed by atoms with Crippen LogP contribution in [-0.2, 0) is 39.8 Å². The summed E-state index contributed by atoms with van der Waals surface area (Å²) in [6, 6.07) is 5.13. The molecule has 34 heavy (non-hydrogen) atoms. The van der Waals surface area contributed by atoms with Crippen LogP contribution in [0.25, 0.3) is 0 Å². The standard InChI is InChI=1S/C25H37FO8/c1-5-31-22(27)21(25(30,23(28)32-6-2)24(29)33-7-3)34-16-12-10-8-9-11-13-19-14-15-20(26)18(4)17-19/h14-15,17,21,30H,5-13,16H2,1-4H3. The molecule has 0 heterocycles. The van der Waals surface area contributed by atoms with E-state index in [1.165, 1.54) is 19.9 Å². The van der Waals surface area contributed by atoms with Crippen LogP contribution in [0.15, 0.2) is 18.2 Å². The van der Waals surface area contributed by atoms with E-state index in [0.717, 1.165) is 37.7 Å². The number of hydrogen-bond donors (Lipinski definition) is 1. The quantitative estimate of drug-likeness (QED) is 0.165. The average Bonchev–Trinajstić information content (AvgIpc) is 2.80. The number of halogens is 1. The van der Waals surface area contributed by atoms with Crippen molar-refractivity contribution in [3.05, 3.63) is 35.1 Å². The summed E-state index contributed by atoms with van der Waals surface area (Å²) >= 11 is 0. The first-order chi connectivity index (χ1) is 16.2. The molecule has 1 rings (SSSR count). The maximum atomic E-state index is 13.3. The van der Waals surface area contributed by atoms with Gasteiger partial charge >= 0.3 is 17.9 Å². The Bertz CT molecular complexity index is 777. The maximum Gasteiger partial charge on any atom is 0.353 e. The highest BCUT2D eigenvalue weighted by atomic mass is 19.1. The lowest BCUT2D eigenvalue weighted by molar-refractivity contribution is -0.208. The molecule has 0 radical (unpaired) electrons. The molecule has 1 N–H and O–H groups in total. The average molecular weight is 485 g/mol. The number of unbranched alkanes of at least 4 members (excludes halogenated alkanes) is 4. The second kappa shape index (κ2) is 15.4. The lowest BCUT2D eigenvalue weighted by atomic mass is 9.96. The summed E-state index contributed by atoms with van der Waals surface area (Å²) in [5.74, 6) is -3.92. The summed E-state index contributed by atoms with van der Waals surface area (Å²) in [6.45, 7) is 6.04. The molecule has 0 bridgehead atoms. The van der Waals surface area contributed by atoms with Gasteiger partial charge in [0.2, 0.25) is 6.10 Å². The minimum absolute atomic E-state index is 0.0156. The van der Waals surface area contributed by atoms with Gasteiger partial charge in [0.25, 0.3) is 5.60 Å². The topological polar surface area (TPSA) is 108 Å². The Kier molecular flexibility index (Phi) is 13.4. The third-order valence-electron chi connectivity index (χ3n) is 5.17. The van der Waals surface area contributed by atoms with E-state index in [4.69, 9.17) is 18.9 Å². The fraction of sp³-hybridized carbons (Fsp3) is 0.640. The van der Waals surface area contributed by atoms with Crippen molar-refractivity contribution >= 4 is 17.9 Å². The molecule has 0 saturated carbocycles. The molecule has 0 aromatic heterocycles. The predicted molar refractivity (Wildman–Crippen MR) is 123 cm³/mol. The number of aryl methyl sites for hydroxylation is 2. The van der Waals surface area contributed by atoms with Gasteiger partial charge in [0, 0.05) is 6.61 Å². The molecule has 0 aliphatic heterocycles. The molecule has 1 aromatic rings. The van der Waals surface area contributed by atoms with Crippen molar-refractivity contribution in [2.75, 3.05) is 26.4 Å². The Morgan fingerprint density at radius 1 is 0.912 bits per heavy atom. The second-order valence-corrected chi connectivity index (χ2v) is 7.81. The lowest BCUT2D eigenvalue weighted by Crippen LogP contribution is -2.61. The normalized spacial score (nSPS) is 12.2. The van der Waals surface area contributed by atoms with Crippen LogP contribution < -0.4 is 0 Å². The number of hydrogen-bond acceptors (Lipinski definition) is 8. The first-order valence-electron chi connectivity index (χ1n) is 11.8. The number of carbonyl (C=O) groups is 3. The molecule has 192 valence electrons. The van der Waals surface area contributed by atoms with Gasteiger partial charge in [0.1, 0.15) is 5.82 Å². The van der Waals surface area contributed by atoms with Crippen molar-refractivity contribution in [2.24, 2.45) is 0 Å². The number of benzene rings is 1. The summed E-state index contributed by atoms with van der Waals surface area (Å²) in [5, 5.41) is 10.9. The Labute approximate surface area is 200 Å². The van der Waals surface area contributed by atoms with Crippen molar-refractivity contribution in [2.45, 2.75) is 77.9 Å². The van der Waals surface area contributed by atoms with Gasteiger partial charge in [-0.15, -0.1) is 0 Å². The second-order valence-electron chi connectivity index (χ2n) is 7.81. The van der Waals surface area contributed by atoms with Gasteiger partial charge in [-0.2, -0.15) is 0 Å². The van der Waals surface area contributed by atoms with Gasteiger partial charge in [-0.25, -0.2) is 18.8 Å². The molecule has 0 saturated heterocycles. The van der Waals surface area contributed by atoms with E-state index in [9.17, 15) is 23.9 Å². The van der Waals surface area contributed by atoms with Gasteiger partial charge in [0.15, 0.2) is 0 Å². The monoisotopic (exact) mass is 484 g/mol. The molecular formula is C25H37FO8. The van der Waals surface area contributed by atoms with Crippen LogP contribution in [0.1, 0.15) is 64.0 Å². The third-order valence-corrected chi connectivity index (χ3v) is 5.17. The van der Waals surface area contributed by atoms with Crippen LogP contribution in [0, 0.1) is 12.7 Å². The van der Waals surface area contributed by atoms with Crippen LogP contribution in [0.5, 0.6) is 0 Å². The summed E-state index contributed by atoms with van der Waals surface area (Å²) in [4.78, 5) is 37.3. The van der Waals surface area contributed by atoms with Crippen LogP contribution in [-0.4, -0.2) is 61.1 Å². The van der Waals surface area contributed by atoms with Crippen LogP contribution in [0.2, 0.25) is 0 Å². The van der Waals surface area contributed by atoms with E-state index in [-0.39, 0.29) is 32.2 Å². The minimum Gasteiger partial charge on any atom is -0.464 e. The first-order valence-corrected chi connectivity index (χ1v) is 11.8. The van der Waals surface area contributed by atoms with Gasteiger partial charge in [-0.3, -0.25) is 0 Å². The highest BCUT2D eigenvalue weighted by Crippen LogP contribution is 2.22. The highest BCUT2D eigenvalue weighted by Gasteiger charge is 2.58. The minimum atomic E-state index is -2.97. The molecule has 0 aliphatic rings. The zero-order valence-corrected chi connectivity index (χ0v) is 20.6. The van der Waals surface area contributed by atoms with Crippen molar-refractivity contribution < 1.29 is 42.8 Å². The predicted octanol–water partition coefficient (Wildman–Crippen LogP) is 3.43. The molecule has 1 aromatic carbocycles. The molecule has 0 aliphatic carbocycles. The molecule has 1 atom stereocenters. The number of aliphatic hydroxyl groups is 1. The smallest absolute Gasteiger partial charge is 0.353 e. The van der Waals surface area contributed by atoms with E-state index in [1.54, 1.807) is 19.9 Å². The Hall–Kier alpha value is -2.52. The van der Waals surface area contributed by atoms with Crippen molar-refractivity contribution in [1.82, 2.24) is 0 Å². The van der Waals surface area contributed by atoms with Crippen LogP contribution in [0.4, 0.5) is 4.39 Å². The van der Waals surface area contributed by atoms with E-state index >= 15 is 0 Å². The fourth-order valence-corrected chi connectivity index (χ4v) is 3.38. The largest absolute Gasteiger partial charge is 0.464 e. The molecule has 0 fully saturated rings. The summed E-state index contributed by atoms with van der Waals surface area (Å²) in [5.41, 5.74) is -1.24. The zero-order chi connectivity index (χ0) is 25.6. The van der Waals surface area contributed by atoms with E-state index < -0.39 is 29.6 Å². The number of carbonyl (C=O) groups excluding carboxylic acids is 3. The van der Waals surface area contributed by atoms with Crippen LogP contribution in [0.3, 0.4) is 0 Å². The molecule has 1 unspecified atom stereocenters. The molecule has 8 nitrogen and oxygen atoms in total. The number of ether oxygens (including phenoxy) is 4. The van der Waals surface area contributed by atoms with Crippen molar-refractivity contribution in [3.8, 4) is 0 Å². The Morgan fingerprint density at radius 2 is 1.47 bits per heavy atom. The van der Waals surface area contributed by atoms with E-state index in [2.05, 4.69) is 0 Å². The highest BCUT2D eigenvalue weighted by molar-refractivity contribution is 6.08. The van der Waals surface area contributed by atoms with E-state index in [1.807, 2.05) is 6.07 Å². The summed E-state index contributed by atoms with van der Waals surface area (Å²) in [6.07, 6.45) is 3.05. The Morgan fingerprint density at radius 3 is 2.03 bits per heavy atom. The molecular weight excluding hydrogens is 447 g/mol. The summed E-state index contributed by atoms with van der Waals surface area (Å²) < 4.78 is 33.4. The van der Waals surface area contributed by atoms with Crippen LogP contribution >= 0.6 is 0 Å². The lowest BCUT2D eigenvalue weighted by Gasteiger charge is -2.30. The number of esters is 3. The van der Waals surface area contributed by atoms with Gasteiger partial charge in [-0.05, 0) is 64.2 Å². The maximum absolute atomic E-state index is 13.3. The van der Waals surface area contributed by atoms with Crippen molar-refractivity contribution in [3.63, 3.8) is 0 Å². The van der Waals surface area contributed by atoms with Crippen molar-refractivity contribution in [1.29, 1.82) is 0 Å². The molecule has 0 spiro atoms. The zero-order valence-electron chi connectivity index (χ0n) is 20.6. The third kappa shape index (κ3) is 8.68. The molecule has 0 amide bonds. The SMILES string of the molecule is CCOC(=O)C(OCCCCCCCc1ccc(F)c(C)c1)C(O)(C(=O)OCC)C(=O)OCC.